The Morgan fingerprint density at radius 1 is 0.604 bits per heavy atom. The number of carbonyl (C=O) groups excluding carboxylic acids is 1. The van der Waals surface area contributed by atoms with Crippen molar-refractivity contribution in [3.8, 4) is 22.6 Å². The van der Waals surface area contributed by atoms with E-state index < -0.39 is 0 Å². The molecule has 0 aromatic heterocycles. The average Bonchev–Trinajstić information content (AvgIpc) is 3.34. The molecule has 6 aromatic rings. The highest BCUT2D eigenvalue weighted by Gasteiger charge is 2.35. The summed E-state index contributed by atoms with van der Waals surface area (Å²) in [5.74, 6) is 0.976. The molecule has 6 aromatic carbocycles. The van der Waals surface area contributed by atoms with Gasteiger partial charge < -0.3 is 14.4 Å². The van der Waals surface area contributed by atoms with E-state index in [1.807, 2.05) is 36.4 Å². The van der Waals surface area contributed by atoms with E-state index in [-0.39, 0.29) is 11.4 Å². The monoisotopic (exact) mass is 627 g/mol. The minimum Gasteiger partial charge on any atom is -0.497 e. The first kappa shape index (κ1) is 30.8. The predicted molar refractivity (Wildman–Crippen MR) is 196 cm³/mol. The number of ether oxygens (including phenoxy) is 2. The summed E-state index contributed by atoms with van der Waals surface area (Å²) in [6.07, 6.45) is 2.19. The molecule has 1 aliphatic carbocycles. The summed E-state index contributed by atoms with van der Waals surface area (Å²) in [4.78, 5) is 13.8. The Balaban J connectivity index is 1.28. The standard InChI is InChI=1S/C44H37NO3/c1-30(46)48-38-25-18-33(19-26-38)41(32-16-23-37(47-4)24-17-32)28-31-14-20-35(21-15-31)45(34-10-6-5-7-11-34)36-22-27-40-39-12-8-9-13-42(39)44(2,3)43(40)29-36/h5-29H,1-4H3. The predicted octanol–water partition coefficient (Wildman–Crippen LogP) is 11.0. The highest BCUT2D eigenvalue weighted by molar-refractivity contribution is 5.92. The van der Waals surface area contributed by atoms with Crippen LogP contribution in [0, 0.1) is 0 Å². The van der Waals surface area contributed by atoms with E-state index in [2.05, 4.69) is 134 Å². The summed E-state index contributed by atoms with van der Waals surface area (Å²) in [5.41, 5.74) is 12.7. The Bertz CT molecular complexity index is 2110. The summed E-state index contributed by atoms with van der Waals surface area (Å²) in [5, 5.41) is 0. The lowest BCUT2D eigenvalue weighted by atomic mass is 9.82. The number of para-hydroxylation sites is 1. The molecular formula is C44H37NO3. The molecule has 4 heteroatoms. The molecule has 0 atom stereocenters. The number of anilines is 3. The maximum atomic E-state index is 11.5. The Morgan fingerprint density at radius 2 is 1.17 bits per heavy atom. The van der Waals surface area contributed by atoms with Gasteiger partial charge in [-0.05, 0) is 111 Å². The molecule has 0 saturated heterocycles. The van der Waals surface area contributed by atoms with Crippen molar-refractivity contribution in [3.05, 3.63) is 173 Å². The topological polar surface area (TPSA) is 38.8 Å². The zero-order chi connectivity index (χ0) is 33.3. The lowest BCUT2D eigenvalue weighted by molar-refractivity contribution is -0.131. The molecule has 0 radical (unpaired) electrons. The van der Waals surface area contributed by atoms with Gasteiger partial charge in [0.15, 0.2) is 0 Å². The van der Waals surface area contributed by atoms with Crippen LogP contribution in [0.1, 0.15) is 48.6 Å². The van der Waals surface area contributed by atoms with Crippen LogP contribution in [0.25, 0.3) is 22.8 Å². The Morgan fingerprint density at radius 3 is 1.81 bits per heavy atom. The van der Waals surface area contributed by atoms with Crippen molar-refractivity contribution < 1.29 is 14.3 Å². The average molecular weight is 628 g/mol. The van der Waals surface area contributed by atoms with Crippen LogP contribution < -0.4 is 14.4 Å². The van der Waals surface area contributed by atoms with E-state index in [1.54, 1.807) is 7.11 Å². The van der Waals surface area contributed by atoms with Crippen LogP contribution in [0.5, 0.6) is 11.5 Å². The Labute approximate surface area is 282 Å². The number of hydrogen-bond donors (Lipinski definition) is 0. The number of nitrogens with zero attached hydrogens (tertiary/aromatic N) is 1. The highest BCUT2D eigenvalue weighted by Crippen LogP contribution is 2.50. The zero-order valence-corrected chi connectivity index (χ0v) is 27.6. The molecule has 0 amide bonds. The number of esters is 1. The molecule has 0 unspecified atom stereocenters. The number of fused-ring (bicyclic) bond motifs is 3. The van der Waals surface area contributed by atoms with Gasteiger partial charge in [0, 0.05) is 29.4 Å². The molecule has 0 heterocycles. The van der Waals surface area contributed by atoms with E-state index >= 15 is 0 Å². The van der Waals surface area contributed by atoms with Gasteiger partial charge >= 0.3 is 5.97 Å². The van der Waals surface area contributed by atoms with Crippen LogP contribution in [-0.2, 0) is 10.2 Å². The summed E-state index contributed by atoms with van der Waals surface area (Å²) in [6.45, 7) is 6.04. The molecule has 0 spiro atoms. The first-order chi connectivity index (χ1) is 23.3. The number of hydrogen-bond acceptors (Lipinski definition) is 4. The number of methoxy groups -OCH3 is 1. The third kappa shape index (κ3) is 5.89. The molecule has 7 rings (SSSR count). The quantitative estimate of drug-likeness (QED) is 0.0956. The fourth-order valence-corrected chi connectivity index (χ4v) is 6.71. The van der Waals surface area contributed by atoms with Gasteiger partial charge in [-0.15, -0.1) is 0 Å². The van der Waals surface area contributed by atoms with Gasteiger partial charge in [0.25, 0.3) is 0 Å². The number of carbonyl (C=O) groups is 1. The largest absolute Gasteiger partial charge is 0.497 e. The third-order valence-corrected chi connectivity index (χ3v) is 9.13. The van der Waals surface area contributed by atoms with Crippen molar-refractivity contribution in [1.29, 1.82) is 0 Å². The van der Waals surface area contributed by atoms with E-state index in [0.29, 0.717) is 5.75 Å². The van der Waals surface area contributed by atoms with Gasteiger partial charge in [-0.25, -0.2) is 0 Å². The van der Waals surface area contributed by atoms with Crippen molar-refractivity contribution in [2.75, 3.05) is 12.0 Å². The van der Waals surface area contributed by atoms with Gasteiger partial charge in [-0.3, -0.25) is 4.79 Å². The third-order valence-electron chi connectivity index (χ3n) is 9.13. The summed E-state index contributed by atoms with van der Waals surface area (Å²) >= 11 is 0. The molecule has 0 bridgehead atoms. The molecular weight excluding hydrogens is 590 g/mol. The molecule has 4 nitrogen and oxygen atoms in total. The fourth-order valence-electron chi connectivity index (χ4n) is 6.71. The summed E-state index contributed by atoms with van der Waals surface area (Å²) < 4.78 is 10.7. The normalized spacial score (nSPS) is 13.0. The molecule has 0 saturated carbocycles. The number of benzene rings is 6. The minimum atomic E-state index is -0.341. The van der Waals surface area contributed by atoms with E-state index in [1.165, 1.54) is 29.2 Å². The highest BCUT2D eigenvalue weighted by atomic mass is 16.5. The van der Waals surface area contributed by atoms with Crippen LogP contribution in [0.4, 0.5) is 17.1 Å². The number of rotatable bonds is 8. The first-order valence-electron chi connectivity index (χ1n) is 16.2. The second kappa shape index (κ2) is 12.7. The lowest BCUT2D eigenvalue weighted by Gasteiger charge is -2.28. The van der Waals surface area contributed by atoms with Gasteiger partial charge in [0.2, 0.25) is 0 Å². The maximum absolute atomic E-state index is 11.5. The minimum absolute atomic E-state index is 0.0901. The van der Waals surface area contributed by atoms with E-state index in [0.717, 1.165) is 45.1 Å². The first-order valence-corrected chi connectivity index (χ1v) is 16.2. The molecule has 236 valence electrons. The van der Waals surface area contributed by atoms with Crippen LogP contribution in [0.3, 0.4) is 0 Å². The second-order valence-electron chi connectivity index (χ2n) is 12.6. The second-order valence-corrected chi connectivity index (χ2v) is 12.6. The van der Waals surface area contributed by atoms with Crippen molar-refractivity contribution in [3.63, 3.8) is 0 Å². The SMILES string of the molecule is COc1ccc(C(=Cc2ccc(N(c3ccccc3)c3ccc4c(c3)C(C)(C)c3ccccc3-4)cc2)c2ccc(OC(C)=O)cc2)cc1. The molecule has 48 heavy (non-hydrogen) atoms. The van der Waals surface area contributed by atoms with Gasteiger partial charge in [0.1, 0.15) is 11.5 Å². The molecule has 0 N–H and O–H groups in total. The van der Waals surface area contributed by atoms with Gasteiger partial charge in [-0.2, -0.15) is 0 Å². The van der Waals surface area contributed by atoms with Crippen LogP contribution in [-0.4, -0.2) is 13.1 Å². The molecule has 0 fully saturated rings. The van der Waals surface area contributed by atoms with Crippen LogP contribution >= 0.6 is 0 Å². The smallest absolute Gasteiger partial charge is 0.308 e. The van der Waals surface area contributed by atoms with Crippen molar-refractivity contribution in [2.24, 2.45) is 0 Å². The zero-order valence-electron chi connectivity index (χ0n) is 27.6. The van der Waals surface area contributed by atoms with E-state index in [4.69, 9.17) is 9.47 Å². The molecule has 0 aliphatic heterocycles. The van der Waals surface area contributed by atoms with Crippen molar-refractivity contribution in [2.45, 2.75) is 26.2 Å². The van der Waals surface area contributed by atoms with Crippen molar-refractivity contribution in [1.82, 2.24) is 0 Å². The van der Waals surface area contributed by atoms with Crippen molar-refractivity contribution >= 4 is 34.7 Å². The maximum Gasteiger partial charge on any atom is 0.308 e. The molecule has 1 aliphatic rings. The van der Waals surface area contributed by atoms with Crippen LogP contribution in [0.15, 0.2) is 146 Å². The Kier molecular flexibility index (Phi) is 8.16. The van der Waals surface area contributed by atoms with Crippen LogP contribution in [0.2, 0.25) is 0 Å². The fraction of sp³-hybridized carbons (Fsp3) is 0.114. The summed E-state index contributed by atoms with van der Waals surface area (Å²) in [6, 6.07) is 50.5. The Hall–Kier alpha value is -5.87. The van der Waals surface area contributed by atoms with E-state index in [9.17, 15) is 4.79 Å². The lowest BCUT2D eigenvalue weighted by Crippen LogP contribution is -2.16. The van der Waals surface area contributed by atoms with Gasteiger partial charge in [-0.1, -0.05) is 98.8 Å². The summed E-state index contributed by atoms with van der Waals surface area (Å²) in [7, 11) is 1.67. The van der Waals surface area contributed by atoms with Gasteiger partial charge in [0.05, 0.1) is 7.11 Å².